The van der Waals surface area contributed by atoms with Gasteiger partial charge < -0.3 is 10.6 Å². The lowest BCUT2D eigenvalue weighted by Crippen LogP contribution is -2.36. The van der Waals surface area contributed by atoms with Gasteiger partial charge in [0.1, 0.15) is 0 Å². The Bertz CT molecular complexity index is 821. The van der Waals surface area contributed by atoms with Crippen molar-refractivity contribution < 1.29 is 9.59 Å². The molecule has 0 aliphatic rings. The van der Waals surface area contributed by atoms with E-state index in [4.69, 9.17) is 11.6 Å². The monoisotopic (exact) mass is 415 g/mol. The van der Waals surface area contributed by atoms with Gasteiger partial charge in [0.05, 0.1) is 13.1 Å². The normalized spacial score (nSPS) is 11.2. The van der Waals surface area contributed by atoms with Gasteiger partial charge in [-0.15, -0.1) is 0 Å². The number of likely N-dealkylation sites (N-methyl/N-ethyl adjacent to an activating group) is 1. The summed E-state index contributed by atoms with van der Waals surface area (Å²) in [6, 6.07) is 13.0. The van der Waals surface area contributed by atoms with Crippen LogP contribution in [0.3, 0.4) is 0 Å². The smallest absolute Gasteiger partial charge is 0.238 e. The van der Waals surface area contributed by atoms with Crippen LogP contribution in [0.2, 0.25) is 5.02 Å². The first kappa shape index (κ1) is 22.9. The third kappa shape index (κ3) is 6.87. The quantitative estimate of drug-likeness (QED) is 0.630. The average Bonchev–Trinajstić information content (AvgIpc) is 2.63. The number of hydrogen-bond acceptors (Lipinski definition) is 3. The third-order valence-corrected chi connectivity index (χ3v) is 4.84. The van der Waals surface area contributed by atoms with Gasteiger partial charge in [-0.25, -0.2) is 0 Å². The lowest BCUT2D eigenvalue weighted by Gasteiger charge is -2.22. The molecule has 5 nitrogen and oxygen atoms in total. The number of nitrogens with one attached hydrogen (secondary N) is 2. The zero-order valence-corrected chi connectivity index (χ0v) is 18.5. The van der Waals surface area contributed by atoms with Crippen LogP contribution in [-0.4, -0.2) is 36.9 Å². The number of anilines is 2. The van der Waals surface area contributed by atoms with Gasteiger partial charge in [-0.1, -0.05) is 57.5 Å². The van der Waals surface area contributed by atoms with E-state index in [0.717, 1.165) is 16.8 Å². The van der Waals surface area contributed by atoms with E-state index in [1.165, 1.54) is 0 Å². The van der Waals surface area contributed by atoms with Crippen LogP contribution in [0.25, 0.3) is 0 Å². The second kappa shape index (κ2) is 10.4. The fourth-order valence-corrected chi connectivity index (χ4v) is 3.28. The van der Waals surface area contributed by atoms with Gasteiger partial charge in [0, 0.05) is 16.4 Å². The first-order valence-corrected chi connectivity index (χ1v) is 10.2. The number of hydrogen-bond donors (Lipinski definition) is 2. The molecule has 0 radical (unpaired) electrons. The van der Waals surface area contributed by atoms with Crippen molar-refractivity contribution in [2.24, 2.45) is 0 Å². The number of amides is 2. The molecule has 29 heavy (non-hydrogen) atoms. The van der Waals surface area contributed by atoms with Crippen LogP contribution >= 0.6 is 11.6 Å². The highest BCUT2D eigenvalue weighted by molar-refractivity contribution is 6.30. The van der Waals surface area contributed by atoms with Crippen LogP contribution in [0.15, 0.2) is 42.5 Å². The van der Waals surface area contributed by atoms with Gasteiger partial charge in [0.25, 0.3) is 0 Å². The second-order valence-corrected chi connectivity index (χ2v) is 8.33. The number of benzene rings is 2. The largest absolute Gasteiger partial charge is 0.325 e. The highest BCUT2D eigenvalue weighted by Crippen LogP contribution is 2.32. The van der Waals surface area contributed by atoms with Gasteiger partial charge in [0.15, 0.2) is 0 Å². The van der Waals surface area contributed by atoms with Crippen molar-refractivity contribution in [3.63, 3.8) is 0 Å². The number of nitrogens with zero attached hydrogens (tertiary/aromatic N) is 1. The predicted molar refractivity (Wildman–Crippen MR) is 121 cm³/mol. The molecule has 0 unspecified atom stereocenters. The van der Waals surface area contributed by atoms with Crippen molar-refractivity contribution in [1.82, 2.24) is 4.90 Å². The minimum atomic E-state index is -0.187. The van der Waals surface area contributed by atoms with E-state index in [1.54, 1.807) is 36.2 Å². The highest BCUT2D eigenvalue weighted by atomic mass is 35.5. The Balaban J connectivity index is 1.98. The van der Waals surface area contributed by atoms with Crippen LogP contribution in [-0.2, 0) is 9.59 Å². The summed E-state index contributed by atoms with van der Waals surface area (Å²) in [7, 11) is 1.75. The highest BCUT2D eigenvalue weighted by Gasteiger charge is 2.17. The van der Waals surface area contributed by atoms with Crippen molar-refractivity contribution in [2.45, 2.75) is 39.5 Å². The van der Waals surface area contributed by atoms with E-state index in [-0.39, 0.29) is 24.9 Å². The summed E-state index contributed by atoms with van der Waals surface area (Å²) >= 11 is 5.85. The summed E-state index contributed by atoms with van der Waals surface area (Å²) < 4.78 is 0. The summed E-state index contributed by atoms with van der Waals surface area (Å²) in [5.74, 6) is 0.272. The van der Waals surface area contributed by atoms with Gasteiger partial charge in [-0.05, 0) is 54.3 Å². The lowest BCUT2D eigenvalue weighted by molar-refractivity contribution is -0.119. The molecule has 0 spiro atoms. The third-order valence-electron chi connectivity index (χ3n) is 4.59. The van der Waals surface area contributed by atoms with E-state index >= 15 is 0 Å². The Labute approximate surface area is 178 Å². The molecule has 2 aromatic rings. The van der Waals surface area contributed by atoms with Crippen LogP contribution < -0.4 is 10.6 Å². The molecular weight excluding hydrogens is 386 g/mol. The van der Waals surface area contributed by atoms with Crippen molar-refractivity contribution >= 4 is 34.8 Å². The lowest BCUT2D eigenvalue weighted by atomic mass is 9.92. The molecule has 0 saturated heterocycles. The molecule has 0 saturated carbocycles. The molecule has 6 heteroatoms. The molecule has 2 N–H and O–H groups in total. The van der Waals surface area contributed by atoms with Crippen molar-refractivity contribution in [2.75, 3.05) is 30.8 Å². The topological polar surface area (TPSA) is 61.4 Å². The SMILES string of the molecule is CC(C)c1cccc(C(C)C)c1NC(=O)CN(C)CC(=O)Nc1ccc(Cl)cc1. The van der Waals surface area contributed by atoms with Crippen LogP contribution in [0.5, 0.6) is 0 Å². The summed E-state index contributed by atoms with van der Waals surface area (Å²) in [6.07, 6.45) is 0. The maximum atomic E-state index is 12.7. The fraction of sp³-hybridized carbons (Fsp3) is 0.391. The molecule has 0 atom stereocenters. The van der Waals surface area contributed by atoms with Crippen LogP contribution in [0.4, 0.5) is 11.4 Å². The maximum absolute atomic E-state index is 12.7. The Morgan fingerprint density at radius 3 is 1.83 bits per heavy atom. The predicted octanol–water partition coefficient (Wildman–Crippen LogP) is 5.10. The molecule has 2 amide bonds. The second-order valence-electron chi connectivity index (χ2n) is 7.90. The number of halogens is 1. The van der Waals surface area contributed by atoms with E-state index in [0.29, 0.717) is 22.5 Å². The van der Waals surface area contributed by atoms with Crippen molar-refractivity contribution in [3.8, 4) is 0 Å². The molecule has 156 valence electrons. The molecule has 0 heterocycles. The number of carbonyl (C=O) groups is 2. The molecule has 0 bridgehead atoms. The van der Waals surface area contributed by atoms with Gasteiger partial charge in [0.2, 0.25) is 11.8 Å². The van der Waals surface area contributed by atoms with Gasteiger partial charge in [-0.2, -0.15) is 0 Å². The summed E-state index contributed by atoms with van der Waals surface area (Å²) in [5.41, 5.74) is 3.80. The number of para-hydroxylation sites is 1. The standard InChI is InChI=1S/C23H30ClN3O2/c1-15(2)19-7-6-8-20(16(3)4)23(19)26-22(29)14-27(5)13-21(28)25-18-11-9-17(24)10-12-18/h6-12,15-16H,13-14H2,1-5H3,(H,25,28)(H,26,29). The number of rotatable bonds is 8. The molecule has 2 aromatic carbocycles. The van der Waals surface area contributed by atoms with Crippen molar-refractivity contribution in [3.05, 3.63) is 58.6 Å². The first-order chi connectivity index (χ1) is 13.7. The van der Waals surface area contributed by atoms with E-state index < -0.39 is 0 Å². The Kier molecular flexibility index (Phi) is 8.23. The zero-order valence-electron chi connectivity index (χ0n) is 17.8. The first-order valence-electron chi connectivity index (χ1n) is 9.84. The minimum Gasteiger partial charge on any atom is -0.325 e. The molecule has 0 aliphatic heterocycles. The van der Waals surface area contributed by atoms with Crippen molar-refractivity contribution in [1.29, 1.82) is 0 Å². The summed E-state index contributed by atoms with van der Waals surface area (Å²) in [5, 5.41) is 6.49. The van der Waals surface area contributed by atoms with E-state index in [9.17, 15) is 9.59 Å². The molecule has 2 rings (SSSR count). The van der Waals surface area contributed by atoms with E-state index in [1.807, 2.05) is 6.07 Å². The summed E-state index contributed by atoms with van der Waals surface area (Å²) in [4.78, 5) is 26.6. The Morgan fingerprint density at radius 1 is 0.862 bits per heavy atom. The van der Waals surface area contributed by atoms with Gasteiger partial charge >= 0.3 is 0 Å². The molecular formula is C23H30ClN3O2. The number of carbonyl (C=O) groups excluding carboxylic acids is 2. The Hall–Kier alpha value is -2.37. The average molecular weight is 416 g/mol. The van der Waals surface area contributed by atoms with Gasteiger partial charge in [-0.3, -0.25) is 14.5 Å². The minimum absolute atomic E-state index is 0.110. The molecule has 0 fully saturated rings. The molecule has 0 aromatic heterocycles. The fourth-order valence-electron chi connectivity index (χ4n) is 3.15. The molecule has 0 aliphatic carbocycles. The maximum Gasteiger partial charge on any atom is 0.238 e. The summed E-state index contributed by atoms with van der Waals surface area (Å²) in [6.45, 7) is 8.69. The van der Waals surface area contributed by atoms with E-state index in [2.05, 4.69) is 50.5 Å². The Morgan fingerprint density at radius 2 is 1.34 bits per heavy atom. The zero-order chi connectivity index (χ0) is 21.6. The van der Waals surface area contributed by atoms with Crippen LogP contribution in [0.1, 0.15) is 50.7 Å². The van der Waals surface area contributed by atoms with Crippen LogP contribution in [0, 0.1) is 0 Å².